The molecule has 2 aromatic rings. The van der Waals surface area contributed by atoms with Crippen LogP contribution in [0.1, 0.15) is 32.6 Å². The fourth-order valence-electron chi connectivity index (χ4n) is 1.84. The van der Waals surface area contributed by atoms with Gasteiger partial charge in [-0.1, -0.05) is 19.8 Å². The van der Waals surface area contributed by atoms with E-state index in [1.54, 1.807) is 18.3 Å². The zero-order valence-corrected chi connectivity index (χ0v) is 10.4. The molecule has 4 heteroatoms. The van der Waals surface area contributed by atoms with Crippen LogP contribution >= 0.6 is 0 Å². The van der Waals surface area contributed by atoms with E-state index in [0.717, 1.165) is 30.2 Å². The predicted molar refractivity (Wildman–Crippen MR) is 69.7 cm³/mol. The number of rotatable bonds is 5. The number of unbranched alkanes of at least 4 members (excludes halogenated alkanes) is 2. The van der Waals surface area contributed by atoms with Gasteiger partial charge >= 0.3 is 5.97 Å². The summed E-state index contributed by atoms with van der Waals surface area (Å²) in [6.07, 6.45) is 5.05. The Kier molecular flexibility index (Phi) is 3.87. The number of carbonyl (C=O) groups is 1. The molecule has 2 N–H and O–H groups in total. The Morgan fingerprint density at radius 2 is 2.22 bits per heavy atom. The number of aromatic hydroxyl groups is 1. The van der Waals surface area contributed by atoms with E-state index in [0.29, 0.717) is 6.42 Å². The molecule has 0 atom stereocenters. The highest BCUT2D eigenvalue weighted by Gasteiger charge is 2.10. The number of carbonyl (C=O) groups excluding carboxylic acids is 1. The lowest BCUT2D eigenvalue weighted by Gasteiger charge is -2.06. The number of H-pyrrole nitrogens is 1. The summed E-state index contributed by atoms with van der Waals surface area (Å²) in [6, 6.07) is 5.07. The summed E-state index contributed by atoms with van der Waals surface area (Å²) in [5.74, 6) is -0.0953. The Hall–Kier alpha value is -1.97. The van der Waals surface area contributed by atoms with Gasteiger partial charge in [-0.05, 0) is 18.6 Å². The Morgan fingerprint density at radius 1 is 1.39 bits per heavy atom. The lowest BCUT2D eigenvalue weighted by molar-refractivity contribution is -0.134. The van der Waals surface area contributed by atoms with Crippen molar-refractivity contribution in [3.63, 3.8) is 0 Å². The van der Waals surface area contributed by atoms with E-state index < -0.39 is 0 Å². The van der Waals surface area contributed by atoms with Gasteiger partial charge in [-0.15, -0.1) is 0 Å². The first-order chi connectivity index (χ1) is 8.70. The van der Waals surface area contributed by atoms with Crippen LogP contribution < -0.4 is 4.74 Å². The molecule has 0 radical (unpaired) electrons. The molecular weight excluding hydrogens is 230 g/mol. The fraction of sp³-hybridized carbons (Fsp3) is 0.357. The van der Waals surface area contributed by atoms with E-state index in [1.807, 2.05) is 6.07 Å². The maximum absolute atomic E-state index is 11.6. The number of esters is 1. The van der Waals surface area contributed by atoms with Crippen molar-refractivity contribution in [1.82, 2.24) is 4.98 Å². The number of hydrogen-bond acceptors (Lipinski definition) is 3. The zero-order chi connectivity index (χ0) is 13.0. The molecule has 0 saturated carbocycles. The molecule has 0 bridgehead atoms. The molecule has 18 heavy (non-hydrogen) atoms. The van der Waals surface area contributed by atoms with Gasteiger partial charge in [0, 0.05) is 29.6 Å². The zero-order valence-electron chi connectivity index (χ0n) is 10.4. The third-order valence-electron chi connectivity index (χ3n) is 2.84. The maximum Gasteiger partial charge on any atom is 0.311 e. The third kappa shape index (κ3) is 2.83. The number of ether oxygens (including phenoxy) is 1. The van der Waals surface area contributed by atoms with Gasteiger partial charge in [0.1, 0.15) is 0 Å². The molecule has 1 heterocycles. The number of phenolic OH excluding ortho intramolecular Hbond substituents is 1. The summed E-state index contributed by atoms with van der Waals surface area (Å²) >= 11 is 0. The lowest BCUT2D eigenvalue weighted by atomic mass is 10.2. The topological polar surface area (TPSA) is 62.3 Å². The van der Waals surface area contributed by atoms with Gasteiger partial charge < -0.3 is 14.8 Å². The smallest absolute Gasteiger partial charge is 0.311 e. The van der Waals surface area contributed by atoms with Crippen LogP contribution in [0.15, 0.2) is 24.4 Å². The number of aromatic amines is 1. The molecule has 0 aliphatic rings. The average Bonchev–Trinajstić information content (AvgIpc) is 2.77. The van der Waals surface area contributed by atoms with Crippen LogP contribution in [0.3, 0.4) is 0 Å². The van der Waals surface area contributed by atoms with Gasteiger partial charge in [0.05, 0.1) is 0 Å². The summed E-state index contributed by atoms with van der Waals surface area (Å²) in [6.45, 7) is 2.08. The molecule has 0 fully saturated rings. The van der Waals surface area contributed by atoms with Crippen LogP contribution in [0.25, 0.3) is 10.9 Å². The van der Waals surface area contributed by atoms with Crippen LogP contribution in [0.5, 0.6) is 11.5 Å². The van der Waals surface area contributed by atoms with E-state index in [4.69, 9.17) is 4.74 Å². The molecular formula is C14H17NO3. The standard InChI is InChI=1S/C14H17NO3/c1-2-3-4-5-14(17)18-13-9-11-10(6-7-15-11)8-12(13)16/h6-9,15-16H,2-5H2,1H3. The number of aromatic nitrogens is 1. The van der Waals surface area contributed by atoms with Crippen LogP contribution in [-0.2, 0) is 4.79 Å². The van der Waals surface area contributed by atoms with E-state index in [9.17, 15) is 9.90 Å². The number of benzene rings is 1. The van der Waals surface area contributed by atoms with Crippen LogP contribution in [0, 0.1) is 0 Å². The van der Waals surface area contributed by atoms with Crippen molar-refractivity contribution < 1.29 is 14.6 Å². The average molecular weight is 247 g/mol. The second-order valence-corrected chi connectivity index (χ2v) is 4.32. The quantitative estimate of drug-likeness (QED) is 0.484. The third-order valence-corrected chi connectivity index (χ3v) is 2.84. The second kappa shape index (κ2) is 5.58. The first-order valence-electron chi connectivity index (χ1n) is 6.21. The van der Waals surface area contributed by atoms with Crippen LogP contribution in [0.4, 0.5) is 0 Å². The van der Waals surface area contributed by atoms with Crippen molar-refractivity contribution in [3.8, 4) is 11.5 Å². The predicted octanol–water partition coefficient (Wildman–Crippen LogP) is 3.36. The molecule has 0 aliphatic heterocycles. The number of fused-ring (bicyclic) bond motifs is 1. The van der Waals surface area contributed by atoms with E-state index in [2.05, 4.69) is 11.9 Å². The van der Waals surface area contributed by atoms with Crippen molar-refractivity contribution in [2.45, 2.75) is 32.6 Å². The summed E-state index contributed by atoms with van der Waals surface area (Å²) in [5, 5.41) is 10.6. The normalized spacial score (nSPS) is 10.7. The highest BCUT2D eigenvalue weighted by atomic mass is 16.5. The van der Waals surface area contributed by atoms with Crippen LogP contribution in [0.2, 0.25) is 0 Å². The highest BCUT2D eigenvalue weighted by Crippen LogP contribution is 2.31. The van der Waals surface area contributed by atoms with Gasteiger partial charge in [-0.25, -0.2) is 0 Å². The minimum atomic E-state index is -0.301. The molecule has 0 spiro atoms. The van der Waals surface area contributed by atoms with Crippen LogP contribution in [-0.4, -0.2) is 16.1 Å². The summed E-state index contributed by atoms with van der Waals surface area (Å²) < 4.78 is 5.16. The van der Waals surface area contributed by atoms with Crippen molar-refractivity contribution in [2.75, 3.05) is 0 Å². The molecule has 96 valence electrons. The fourth-order valence-corrected chi connectivity index (χ4v) is 1.84. The summed E-state index contributed by atoms with van der Waals surface area (Å²) in [4.78, 5) is 14.6. The molecule has 0 amide bonds. The largest absolute Gasteiger partial charge is 0.504 e. The minimum absolute atomic E-state index is 0.00839. The van der Waals surface area contributed by atoms with Crippen molar-refractivity contribution in [3.05, 3.63) is 24.4 Å². The SMILES string of the molecule is CCCCCC(=O)Oc1cc2[nH]ccc2cc1O. The van der Waals surface area contributed by atoms with Gasteiger partial charge in [0.25, 0.3) is 0 Å². The summed E-state index contributed by atoms with van der Waals surface area (Å²) in [5.41, 5.74) is 0.837. The summed E-state index contributed by atoms with van der Waals surface area (Å²) in [7, 11) is 0. The van der Waals surface area contributed by atoms with Gasteiger partial charge in [-0.3, -0.25) is 4.79 Å². The second-order valence-electron chi connectivity index (χ2n) is 4.32. The van der Waals surface area contributed by atoms with E-state index >= 15 is 0 Å². The molecule has 4 nitrogen and oxygen atoms in total. The van der Waals surface area contributed by atoms with Crippen molar-refractivity contribution >= 4 is 16.9 Å². The van der Waals surface area contributed by atoms with Gasteiger partial charge in [0.15, 0.2) is 11.5 Å². The Morgan fingerprint density at radius 3 is 3.00 bits per heavy atom. The first-order valence-corrected chi connectivity index (χ1v) is 6.21. The molecule has 0 saturated heterocycles. The maximum atomic E-state index is 11.6. The lowest BCUT2D eigenvalue weighted by Crippen LogP contribution is -2.07. The van der Waals surface area contributed by atoms with Crippen molar-refractivity contribution in [1.29, 1.82) is 0 Å². The van der Waals surface area contributed by atoms with E-state index in [-0.39, 0.29) is 17.5 Å². The highest BCUT2D eigenvalue weighted by molar-refractivity contribution is 5.84. The van der Waals surface area contributed by atoms with Crippen molar-refractivity contribution in [2.24, 2.45) is 0 Å². The Labute approximate surface area is 106 Å². The molecule has 1 aromatic heterocycles. The molecule has 0 unspecified atom stereocenters. The Bertz CT molecular complexity index is 545. The number of nitrogens with one attached hydrogen (secondary N) is 1. The number of hydrogen-bond donors (Lipinski definition) is 2. The molecule has 0 aliphatic carbocycles. The molecule has 1 aromatic carbocycles. The van der Waals surface area contributed by atoms with Gasteiger partial charge in [0.2, 0.25) is 0 Å². The minimum Gasteiger partial charge on any atom is -0.504 e. The van der Waals surface area contributed by atoms with E-state index in [1.165, 1.54) is 0 Å². The first kappa shape index (κ1) is 12.5. The van der Waals surface area contributed by atoms with Gasteiger partial charge in [-0.2, -0.15) is 0 Å². The Balaban J connectivity index is 2.06. The molecule has 2 rings (SSSR count). The number of phenols is 1. The monoisotopic (exact) mass is 247 g/mol.